The smallest absolute Gasteiger partial charge is 0.252 e. The average Bonchev–Trinajstić information content (AvgIpc) is 2.86. The minimum Gasteiger partial charge on any atom is -0.326 e. The third kappa shape index (κ3) is 1.40. The van der Waals surface area contributed by atoms with Crippen LogP contribution in [0.25, 0.3) is 0 Å². The van der Waals surface area contributed by atoms with Crippen molar-refractivity contribution < 1.29 is 13.6 Å². The number of rotatable bonds is 1. The Labute approximate surface area is 91.7 Å². The number of benzene rings is 1. The lowest BCUT2D eigenvalue weighted by molar-refractivity contribution is -0.117. The molecule has 1 heterocycles. The highest BCUT2D eigenvalue weighted by atomic mass is 19.3. The van der Waals surface area contributed by atoms with Gasteiger partial charge in [0.15, 0.2) is 0 Å². The molecule has 1 N–H and O–H groups in total. The zero-order valence-electron chi connectivity index (χ0n) is 8.54. The first-order valence-electron chi connectivity index (χ1n) is 5.34. The normalized spacial score (nSPS) is 30.5. The van der Waals surface area contributed by atoms with E-state index >= 15 is 0 Å². The summed E-state index contributed by atoms with van der Waals surface area (Å²) >= 11 is 0. The van der Waals surface area contributed by atoms with Crippen LogP contribution in [-0.4, -0.2) is 11.8 Å². The minimum atomic E-state index is -2.57. The SMILES string of the molecule is O=C1C[C@@H]([C@@H]2CC2(F)F)c2ccccc2N1. The lowest BCUT2D eigenvalue weighted by Gasteiger charge is -2.25. The van der Waals surface area contributed by atoms with Crippen LogP contribution < -0.4 is 5.32 Å². The van der Waals surface area contributed by atoms with Crippen molar-refractivity contribution in [3.05, 3.63) is 29.8 Å². The summed E-state index contributed by atoms with van der Waals surface area (Å²) < 4.78 is 26.1. The van der Waals surface area contributed by atoms with E-state index < -0.39 is 11.8 Å². The monoisotopic (exact) mass is 223 g/mol. The highest BCUT2D eigenvalue weighted by molar-refractivity contribution is 5.94. The number of para-hydroxylation sites is 1. The van der Waals surface area contributed by atoms with Gasteiger partial charge in [0, 0.05) is 30.4 Å². The van der Waals surface area contributed by atoms with Gasteiger partial charge < -0.3 is 5.32 Å². The molecule has 1 aliphatic carbocycles. The van der Waals surface area contributed by atoms with Crippen molar-refractivity contribution in [2.75, 3.05) is 5.32 Å². The molecule has 3 rings (SSSR count). The van der Waals surface area contributed by atoms with Crippen molar-refractivity contribution in [2.45, 2.75) is 24.7 Å². The fraction of sp³-hybridized carbons (Fsp3) is 0.417. The molecule has 16 heavy (non-hydrogen) atoms. The quantitative estimate of drug-likeness (QED) is 0.779. The molecule has 2 atom stereocenters. The first-order valence-corrected chi connectivity index (χ1v) is 5.34. The molecule has 1 aliphatic heterocycles. The molecular weight excluding hydrogens is 212 g/mol. The number of hydrogen-bond acceptors (Lipinski definition) is 1. The van der Waals surface area contributed by atoms with E-state index in [0.29, 0.717) is 5.69 Å². The summed E-state index contributed by atoms with van der Waals surface area (Å²) in [4.78, 5) is 11.4. The number of fused-ring (bicyclic) bond motifs is 1. The van der Waals surface area contributed by atoms with E-state index in [0.717, 1.165) is 5.56 Å². The van der Waals surface area contributed by atoms with Gasteiger partial charge in [-0.3, -0.25) is 4.79 Å². The van der Waals surface area contributed by atoms with Gasteiger partial charge in [0.25, 0.3) is 5.92 Å². The summed E-state index contributed by atoms with van der Waals surface area (Å²) in [5, 5.41) is 2.72. The molecule has 1 saturated carbocycles. The molecule has 1 aromatic carbocycles. The second-order valence-electron chi connectivity index (χ2n) is 4.52. The Morgan fingerprint density at radius 2 is 2.00 bits per heavy atom. The Morgan fingerprint density at radius 1 is 1.31 bits per heavy atom. The molecule has 2 nitrogen and oxygen atoms in total. The van der Waals surface area contributed by atoms with Crippen LogP contribution in [-0.2, 0) is 4.79 Å². The molecule has 0 radical (unpaired) electrons. The molecule has 2 aliphatic rings. The van der Waals surface area contributed by atoms with Gasteiger partial charge >= 0.3 is 0 Å². The van der Waals surface area contributed by atoms with Crippen molar-refractivity contribution in [3.63, 3.8) is 0 Å². The summed E-state index contributed by atoms with van der Waals surface area (Å²) in [5.74, 6) is -3.71. The molecule has 1 amide bonds. The molecule has 0 bridgehead atoms. The van der Waals surface area contributed by atoms with Crippen LogP contribution in [0, 0.1) is 5.92 Å². The summed E-state index contributed by atoms with van der Waals surface area (Å²) in [7, 11) is 0. The Balaban J connectivity index is 1.98. The maximum atomic E-state index is 13.1. The summed E-state index contributed by atoms with van der Waals surface area (Å²) in [6.07, 6.45) is 0.0938. The van der Waals surface area contributed by atoms with Gasteiger partial charge in [-0.25, -0.2) is 8.78 Å². The van der Waals surface area contributed by atoms with Gasteiger partial charge in [0.05, 0.1) is 0 Å². The van der Waals surface area contributed by atoms with Gasteiger partial charge in [-0.15, -0.1) is 0 Å². The van der Waals surface area contributed by atoms with Crippen LogP contribution >= 0.6 is 0 Å². The second-order valence-corrected chi connectivity index (χ2v) is 4.52. The molecule has 84 valence electrons. The predicted molar refractivity (Wildman–Crippen MR) is 55.5 cm³/mol. The number of halogens is 2. The molecular formula is C12H11F2NO. The number of carbonyl (C=O) groups excluding carboxylic acids is 1. The number of nitrogens with one attached hydrogen (secondary N) is 1. The Hall–Kier alpha value is -1.45. The summed E-state index contributed by atoms with van der Waals surface area (Å²) in [6.45, 7) is 0. The van der Waals surface area contributed by atoms with E-state index in [-0.39, 0.29) is 24.7 Å². The first-order chi connectivity index (χ1) is 7.58. The van der Waals surface area contributed by atoms with Crippen LogP contribution in [0.4, 0.5) is 14.5 Å². The molecule has 0 unspecified atom stereocenters. The lowest BCUT2D eigenvalue weighted by atomic mass is 9.86. The van der Waals surface area contributed by atoms with Gasteiger partial charge in [0.2, 0.25) is 5.91 Å². The number of hydrogen-bond donors (Lipinski definition) is 1. The average molecular weight is 223 g/mol. The van der Waals surface area contributed by atoms with Crippen LogP contribution in [0.5, 0.6) is 0 Å². The number of alkyl halides is 2. The minimum absolute atomic E-state index is 0.0840. The van der Waals surface area contributed by atoms with E-state index in [1.807, 2.05) is 12.1 Å². The van der Waals surface area contributed by atoms with Crippen molar-refractivity contribution in [3.8, 4) is 0 Å². The summed E-state index contributed by atoms with van der Waals surface area (Å²) in [5.41, 5.74) is 1.54. The molecule has 0 saturated heterocycles. The highest BCUT2D eigenvalue weighted by Gasteiger charge is 2.61. The van der Waals surface area contributed by atoms with Crippen LogP contribution in [0.2, 0.25) is 0 Å². The molecule has 4 heteroatoms. The van der Waals surface area contributed by atoms with Crippen LogP contribution in [0.15, 0.2) is 24.3 Å². The van der Waals surface area contributed by atoms with E-state index in [1.165, 1.54) is 0 Å². The van der Waals surface area contributed by atoms with Crippen molar-refractivity contribution >= 4 is 11.6 Å². The first kappa shape index (κ1) is 9.75. The van der Waals surface area contributed by atoms with Crippen LogP contribution in [0.1, 0.15) is 24.3 Å². The van der Waals surface area contributed by atoms with Gasteiger partial charge in [0.1, 0.15) is 0 Å². The summed E-state index contributed by atoms with van der Waals surface area (Å²) in [6, 6.07) is 7.21. The molecule has 1 aromatic rings. The van der Waals surface area contributed by atoms with Crippen LogP contribution in [0.3, 0.4) is 0 Å². The molecule has 0 spiro atoms. The predicted octanol–water partition coefficient (Wildman–Crippen LogP) is 2.77. The van der Waals surface area contributed by atoms with E-state index in [2.05, 4.69) is 5.32 Å². The maximum absolute atomic E-state index is 13.1. The molecule has 0 aromatic heterocycles. The number of amides is 1. The van der Waals surface area contributed by atoms with E-state index in [1.54, 1.807) is 12.1 Å². The fourth-order valence-electron chi connectivity index (χ4n) is 2.47. The van der Waals surface area contributed by atoms with E-state index in [4.69, 9.17) is 0 Å². The maximum Gasteiger partial charge on any atom is 0.252 e. The Bertz CT molecular complexity index is 458. The second kappa shape index (κ2) is 3.03. The van der Waals surface area contributed by atoms with Crippen molar-refractivity contribution in [2.24, 2.45) is 5.92 Å². The Kier molecular flexibility index (Phi) is 1.85. The highest BCUT2D eigenvalue weighted by Crippen LogP contribution is 2.58. The third-order valence-electron chi connectivity index (χ3n) is 3.40. The van der Waals surface area contributed by atoms with Gasteiger partial charge in [-0.05, 0) is 11.6 Å². The van der Waals surface area contributed by atoms with Gasteiger partial charge in [-0.2, -0.15) is 0 Å². The number of anilines is 1. The fourth-order valence-corrected chi connectivity index (χ4v) is 2.47. The zero-order chi connectivity index (χ0) is 11.3. The largest absolute Gasteiger partial charge is 0.326 e. The third-order valence-corrected chi connectivity index (χ3v) is 3.40. The van der Waals surface area contributed by atoms with Crippen molar-refractivity contribution in [1.29, 1.82) is 0 Å². The Morgan fingerprint density at radius 3 is 2.69 bits per heavy atom. The number of carbonyl (C=O) groups is 1. The van der Waals surface area contributed by atoms with Gasteiger partial charge in [-0.1, -0.05) is 18.2 Å². The van der Waals surface area contributed by atoms with Crippen molar-refractivity contribution in [1.82, 2.24) is 0 Å². The lowest BCUT2D eigenvalue weighted by Crippen LogP contribution is -2.25. The van der Waals surface area contributed by atoms with E-state index in [9.17, 15) is 13.6 Å². The topological polar surface area (TPSA) is 29.1 Å². The zero-order valence-corrected chi connectivity index (χ0v) is 8.54. The molecule has 1 fully saturated rings. The standard InChI is InChI=1S/C12H11F2NO/c13-12(14)6-9(12)8-5-11(16)15-10-4-2-1-3-7(8)10/h1-4,8-9H,5-6H2,(H,15,16)/t8-,9+/m1/s1.